The Labute approximate surface area is 148 Å². The van der Waals surface area contributed by atoms with Crippen LogP contribution in [0.3, 0.4) is 0 Å². The van der Waals surface area contributed by atoms with Gasteiger partial charge >= 0.3 is 0 Å². The lowest BCUT2D eigenvalue weighted by atomic mass is 9.84. The molecule has 0 aliphatic carbocycles. The summed E-state index contributed by atoms with van der Waals surface area (Å²) in [7, 11) is 0. The summed E-state index contributed by atoms with van der Waals surface area (Å²) in [5.74, 6) is 0.640. The first-order valence-corrected chi connectivity index (χ1v) is 9.75. The minimum Gasteiger partial charge on any atom is -0.436 e. The maximum Gasteiger partial charge on any atom is 0.261 e. The molecule has 4 nitrogen and oxygen atoms in total. The molecule has 3 fully saturated rings. The molecule has 3 aliphatic rings. The van der Waals surface area contributed by atoms with Gasteiger partial charge in [0.1, 0.15) is 0 Å². The summed E-state index contributed by atoms with van der Waals surface area (Å²) in [5, 5.41) is 4.65. The molecule has 0 saturated carbocycles. The van der Waals surface area contributed by atoms with E-state index in [4.69, 9.17) is 16.3 Å². The average molecular weight is 369 g/mol. The molecule has 2 aromatic heterocycles. The number of hydrogen-bond donors (Lipinski definition) is 1. The van der Waals surface area contributed by atoms with Crippen LogP contribution in [0, 0.1) is 5.92 Å². The van der Waals surface area contributed by atoms with Crippen LogP contribution in [0.4, 0.5) is 0 Å². The first kappa shape index (κ1) is 15.4. The van der Waals surface area contributed by atoms with Gasteiger partial charge in [0, 0.05) is 12.6 Å². The van der Waals surface area contributed by atoms with Crippen molar-refractivity contribution in [1.29, 1.82) is 0 Å². The van der Waals surface area contributed by atoms with E-state index in [-0.39, 0.29) is 11.9 Å². The number of halogens is 1. The monoisotopic (exact) mass is 368 g/mol. The maximum atomic E-state index is 12.5. The van der Waals surface area contributed by atoms with E-state index in [1.807, 2.05) is 18.2 Å². The Morgan fingerprint density at radius 3 is 2.57 bits per heavy atom. The van der Waals surface area contributed by atoms with Crippen LogP contribution in [0.15, 0.2) is 24.3 Å². The lowest BCUT2D eigenvalue weighted by molar-refractivity contribution is 0.0622. The highest BCUT2D eigenvalue weighted by atomic mass is 35.5. The normalized spacial score (nSPS) is 26.2. The lowest BCUT2D eigenvalue weighted by Crippen LogP contribution is -2.57. The van der Waals surface area contributed by atoms with Crippen LogP contribution in [0.2, 0.25) is 4.34 Å². The molecule has 122 valence electrons. The molecule has 1 amide bonds. The van der Waals surface area contributed by atoms with Crippen molar-refractivity contribution in [3.63, 3.8) is 0 Å². The smallest absolute Gasteiger partial charge is 0.261 e. The number of fused-ring (bicyclic) bond motifs is 3. The minimum absolute atomic E-state index is 0.00723. The van der Waals surface area contributed by atoms with Gasteiger partial charge in [-0.25, -0.2) is 0 Å². The zero-order chi connectivity index (χ0) is 15.8. The molecule has 0 aromatic carbocycles. The van der Waals surface area contributed by atoms with Gasteiger partial charge in [0.15, 0.2) is 10.1 Å². The van der Waals surface area contributed by atoms with Crippen molar-refractivity contribution in [2.24, 2.45) is 5.92 Å². The molecule has 2 bridgehead atoms. The number of amides is 1. The van der Waals surface area contributed by atoms with Crippen LogP contribution < -0.4 is 10.1 Å². The largest absolute Gasteiger partial charge is 0.436 e. The fourth-order valence-corrected chi connectivity index (χ4v) is 5.03. The van der Waals surface area contributed by atoms with E-state index in [9.17, 15) is 4.79 Å². The van der Waals surface area contributed by atoms with Gasteiger partial charge in [-0.3, -0.25) is 4.79 Å². The summed E-state index contributed by atoms with van der Waals surface area (Å²) in [6, 6.07) is 7.58. The summed E-state index contributed by atoms with van der Waals surface area (Å²) < 4.78 is 6.43. The van der Waals surface area contributed by atoms with Crippen LogP contribution in [-0.4, -0.2) is 36.5 Å². The molecule has 2 aromatic rings. The quantitative estimate of drug-likeness (QED) is 0.884. The Bertz CT molecular complexity index is 707. The Balaban J connectivity index is 1.39. The van der Waals surface area contributed by atoms with Crippen molar-refractivity contribution < 1.29 is 9.53 Å². The second-order valence-corrected chi connectivity index (χ2v) is 8.72. The Morgan fingerprint density at radius 2 is 1.91 bits per heavy atom. The van der Waals surface area contributed by atoms with E-state index in [1.165, 1.54) is 48.6 Å². The Kier molecular flexibility index (Phi) is 4.32. The second-order valence-electron chi connectivity index (χ2n) is 6.00. The fraction of sp³-hybridized carbons (Fsp3) is 0.438. The van der Waals surface area contributed by atoms with E-state index >= 15 is 0 Å². The number of ether oxygens (including phenoxy) is 1. The molecule has 5 rings (SSSR count). The number of piperidine rings is 3. The van der Waals surface area contributed by atoms with Crippen molar-refractivity contribution >= 4 is 40.2 Å². The van der Waals surface area contributed by atoms with Gasteiger partial charge < -0.3 is 15.0 Å². The topological polar surface area (TPSA) is 41.6 Å². The first-order chi connectivity index (χ1) is 11.2. The van der Waals surface area contributed by atoms with Crippen molar-refractivity contribution in [3.05, 3.63) is 33.5 Å². The number of hydrogen-bond acceptors (Lipinski definition) is 5. The van der Waals surface area contributed by atoms with Gasteiger partial charge in [-0.2, -0.15) is 0 Å². The van der Waals surface area contributed by atoms with Crippen LogP contribution in [0.25, 0.3) is 0 Å². The summed E-state index contributed by atoms with van der Waals surface area (Å²) in [6.45, 7) is 3.34. The molecule has 1 unspecified atom stereocenters. The number of carbonyl (C=O) groups is 1. The Morgan fingerprint density at radius 1 is 1.17 bits per heavy atom. The van der Waals surface area contributed by atoms with Gasteiger partial charge in [0.25, 0.3) is 5.91 Å². The highest BCUT2D eigenvalue weighted by Crippen LogP contribution is 2.35. The molecule has 3 saturated heterocycles. The molecule has 5 heterocycles. The third kappa shape index (κ3) is 3.40. The van der Waals surface area contributed by atoms with Crippen molar-refractivity contribution in [1.82, 2.24) is 10.2 Å². The lowest BCUT2D eigenvalue weighted by Gasteiger charge is -2.44. The third-order valence-corrected chi connectivity index (χ3v) is 6.60. The second kappa shape index (κ2) is 6.43. The SMILES string of the molecule is O=C(NC1CN2CCC1CC2)c1ccc(Oc2ccc(Cl)s2)s1. The highest BCUT2D eigenvalue weighted by molar-refractivity contribution is 7.18. The van der Waals surface area contributed by atoms with Crippen LogP contribution in [0.5, 0.6) is 10.1 Å². The number of nitrogens with one attached hydrogen (secondary N) is 1. The third-order valence-electron chi connectivity index (χ3n) is 4.53. The molecular formula is C16H17ClN2O2S2. The number of carbonyl (C=O) groups excluding carboxylic acids is 1. The van der Waals surface area contributed by atoms with Crippen molar-refractivity contribution in [2.45, 2.75) is 18.9 Å². The molecule has 3 aliphatic heterocycles. The summed E-state index contributed by atoms with van der Waals surface area (Å²) in [5.41, 5.74) is 0. The Hall–Kier alpha value is -1.08. The van der Waals surface area contributed by atoms with Crippen LogP contribution >= 0.6 is 34.3 Å². The summed E-state index contributed by atoms with van der Waals surface area (Å²) in [6.07, 6.45) is 2.39. The number of rotatable bonds is 4. The molecule has 23 heavy (non-hydrogen) atoms. The van der Waals surface area contributed by atoms with E-state index in [0.29, 0.717) is 20.2 Å². The van der Waals surface area contributed by atoms with Crippen LogP contribution in [0.1, 0.15) is 22.5 Å². The van der Waals surface area contributed by atoms with Crippen LogP contribution in [-0.2, 0) is 0 Å². The standard InChI is InChI=1S/C16H17ClN2O2S2/c17-13-2-4-15(23-13)21-14-3-1-12(22-14)16(20)18-11-9-19-7-5-10(11)6-8-19/h1-4,10-11H,5-9H2,(H,18,20). The van der Waals surface area contributed by atoms with Crippen molar-refractivity contribution in [2.75, 3.05) is 19.6 Å². The van der Waals surface area contributed by atoms with Crippen molar-refractivity contribution in [3.8, 4) is 10.1 Å². The minimum atomic E-state index is 0.00723. The molecule has 0 spiro atoms. The van der Waals surface area contributed by atoms with E-state index in [0.717, 1.165) is 11.6 Å². The van der Waals surface area contributed by atoms with E-state index in [2.05, 4.69) is 10.2 Å². The highest BCUT2D eigenvalue weighted by Gasteiger charge is 2.35. The number of nitrogens with zero attached hydrogens (tertiary/aromatic N) is 1. The number of thiophene rings is 2. The van der Waals surface area contributed by atoms with Gasteiger partial charge in [0.05, 0.1) is 9.21 Å². The van der Waals surface area contributed by atoms with Gasteiger partial charge in [0.2, 0.25) is 0 Å². The average Bonchev–Trinajstić information content (AvgIpc) is 3.18. The molecule has 1 N–H and O–H groups in total. The summed E-state index contributed by atoms with van der Waals surface area (Å²) in [4.78, 5) is 15.6. The molecule has 0 radical (unpaired) electrons. The summed E-state index contributed by atoms with van der Waals surface area (Å²) >= 11 is 8.65. The molecule has 1 atom stereocenters. The van der Waals surface area contributed by atoms with E-state index in [1.54, 1.807) is 6.07 Å². The molecular weight excluding hydrogens is 352 g/mol. The van der Waals surface area contributed by atoms with Gasteiger partial charge in [-0.1, -0.05) is 34.3 Å². The zero-order valence-electron chi connectivity index (χ0n) is 12.5. The maximum absolute atomic E-state index is 12.5. The van der Waals surface area contributed by atoms with Gasteiger partial charge in [-0.05, 0) is 56.1 Å². The van der Waals surface area contributed by atoms with Gasteiger partial charge in [-0.15, -0.1) is 0 Å². The predicted octanol–water partition coefficient (Wildman–Crippen LogP) is 4.08. The fourth-order valence-electron chi connectivity index (χ4n) is 3.32. The first-order valence-electron chi connectivity index (χ1n) is 7.73. The zero-order valence-corrected chi connectivity index (χ0v) is 14.8. The molecule has 7 heteroatoms. The van der Waals surface area contributed by atoms with E-state index < -0.39 is 0 Å². The predicted molar refractivity (Wildman–Crippen MR) is 94.1 cm³/mol.